The lowest BCUT2D eigenvalue weighted by Crippen LogP contribution is -1.89. The average molecular weight is 422 g/mol. The first-order valence-electron chi connectivity index (χ1n) is 10.1. The number of aryl methyl sites for hydroxylation is 2. The topological polar surface area (TPSA) is 70.2 Å². The number of fused-ring (bicyclic) bond motifs is 2. The Bertz CT molecular complexity index is 1570. The Hall–Kier alpha value is -3.77. The van der Waals surface area contributed by atoms with E-state index in [-0.39, 0.29) is 0 Å². The van der Waals surface area contributed by atoms with E-state index in [9.17, 15) is 0 Å². The third-order valence-electron chi connectivity index (χ3n) is 5.65. The number of hydrogen-bond acceptors (Lipinski definition) is 4. The smallest absolute Gasteiger partial charge is 0.135 e. The molecule has 0 radical (unpaired) electrons. The van der Waals surface area contributed by atoms with E-state index in [4.69, 9.17) is 4.98 Å². The number of aromatic nitrogens is 5. The van der Waals surface area contributed by atoms with Crippen molar-refractivity contribution in [1.82, 2.24) is 25.1 Å². The number of thiophene rings is 1. The highest BCUT2D eigenvalue weighted by molar-refractivity contribution is 7.15. The standard InChI is InChI=1S/C25H19N5S/c1-14-10-11-26-13-18(14)20-7-8-21-24(28-20)25(30-29-21)22-12-17-16(4-3-5-19(17)27-22)23-9-6-15(2)31-23/h3-13,27H,1-2H3,(H,29,30). The number of hydrogen-bond donors (Lipinski definition) is 2. The Morgan fingerprint density at radius 1 is 0.903 bits per heavy atom. The summed E-state index contributed by atoms with van der Waals surface area (Å²) in [6.07, 6.45) is 3.67. The molecule has 0 amide bonds. The third-order valence-corrected chi connectivity index (χ3v) is 6.68. The lowest BCUT2D eigenvalue weighted by Gasteiger charge is -2.04. The molecule has 0 unspecified atom stereocenters. The number of pyridine rings is 2. The molecule has 0 atom stereocenters. The molecule has 0 saturated carbocycles. The SMILES string of the molecule is Cc1ccc(-c2cccc3[nH]c(-c4n[nH]c5ccc(-c6cnccc6C)nc45)cc23)s1. The minimum Gasteiger partial charge on any atom is -0.353 e. The number of rotatable bonds is 3. The van der Waals surface area contributed by atoms with Crippen molar-refractivity contribution in [2.75, 3.05) is 0 Å². The first-order valence-corrected chi connectivity index (χ1v) is 10.9. The molecule has 5 heterocycles. The summed E-state index contributed by atoms with van der Waals surface area (Å²) in [5, 5.41) is 8.91. The molecule has 0 saturated heterocycles. The first-order chi connectivity index (χ1) is 15.2. The van der Waals surface area contributed by atoms with Gasteiger partial charge in [0, 0.05) is 44.2 Å². The van der Waals surface area contributed by atoms with Gasteiger partial charge in [0.2, 0.25) is 0 Å². The lowest BCUT2D eigenvalue weighted by molar-refractivity contribution is 1.12. The van der Waals surface area contributed by atoms with Gasteiger partial charge in [0.25, 0.3) is 0 Å². The number of nitrogens with zero attached hydrogens (tertiary/aromatic N) is 3. The Morgan fingerprint density at radius 2 is 1.84 bits per heavy atom. The van der Waals surface area contributed by atoms with Crippen LogP contribution in [0.5, 0.6) is 0 Å². The monoisotopic (exact) mass is 421 g/mol. The molecule has 0 fully saturated rings. The molecule has 6 aromatic rings. The molecule has 6 rings (SSSR count). The molecule has 0 aliphatic carbocycles. The van der Waals surface area contributed by atoms with Crippen LogP contribution in [0.2, 0.25) is 0 Å². The van der Waals surface area contributed by atoms with Gasteiger partial charge in [-0.2, -0.15) is 5.10 Å². The van der Waals surface area contributed by atoms with Crippen LogP contribution in [0.4, 0.5) is 0 Å². The van der Waals surface area contributed by atoms with Crippen LogP contribution in [0.25, 0.3) is 55.0 Å². The molecule has 0 spiro atoms. The van der Waals surface area contributed by atoms with Crippen molar-refractivity contribution in [2.45, 2.75) is 13.8 Å². The van der Waals surface area contributed by atoms with Crippen LogP contribution in [-0.2, 0) is 0 Å². The van der Waals surface area contributed by atoms with Crippen molar-refractivity contribution in [2.24, 2.45) is 0 Å². The zero-order valence-corrected chi connectivity index (χ0v) is 17.9. The molecule has 2 N–H and O–H groups in total. The molecule has 5 aromatic heterocycles. The van der Waals surface area contributed by atoms with Gasteiger partial charge in [0.15, 0.2) is 0 Å². The quantitative estimate of drug-likeness (QED) is 0.342. The van der Waals surface area contributed by atoms with Crippen molar-refractivity contribution in [3.63, 3.8) is 0 Å². The second-order valence-corrected chi connectivity index (χ2v) is 9.00. The molecule has 6 heteroatoms. The predicted octanol–water partition coefficient (Wildman–Crippen LogP) is 6.51. The molecule has 5 nitrogen and oxygen atoms in total. The summed E-state index contributed by atoms with van der Waals surface area (Å²) in [5.74, 6) is 0. The van der Waals surface area contributed by atoms with Crippen LogP contribution in [-0.4, -0.2) is 25.1 Å². The van der Waals surface area contributed by atoms with E-state index in [1.54, 1.807) is 6.20 Å². The van der Waals surface area contributed by atoms with E-state index in [0.29, 0.717) is 0 Å². The molecular formula is C25H19N5S. The van der Waals surface area contributed by atoms with E-state index < -0.39 is 0 Å². The molecule has 0 bridgehead atoms. The van der Waals surface area contributed by atoms with Gasteiger partial charge in [-0.25, -0.2) is 4.98 Å². The Kier molecular flexibility index (Phi) is 4.01. The second-order valence-electron chi connectivity index (χ2n) is 7.72. The van der Waals surface area contributed by atoms with Crippen LogP contribution >= 0.6 is 11.3 Å². The van der Waals surface area contributed by atoms with E-state index in [0.717, 1.165) is 44.8 Å². The summed E-state index contributed by atoms with van der Waals surface area (Å²) in [7, 11) is 0. The predicted molar refractivity (Wildman–Crippen MR) is 127 cm³/mol. The number of nitrogens with one attached hydrogen (secondary N) is 2. The highest BCUT2D eigenvalue weighted by atomic mass is 32.1. The Morgan fingerprint density at radius 3 is 2.68 bits per heavy atom. The fraction of sp³-hybridized carbons (Fsp3) is 0.0800. The van der Waals surface area contributed by atoms with Gasteiger partial charge in [-0.05, 0) is 61.9 Å². The Balaban J connectivity index is 1.52. The maximum Gasteiger partial charge on any atom is 0.135 e. The van der Waals surface area contributed by atoms with E-state index in [2.05, 4.69) is 70.4 Å². The maximum atomic E-state index is 4.95. The van der Waals surface area contributed by atoms with Crippen molar-refractivity contribution in [1.29, 1.82) is 0 Å². The highest BCUT2D eigenvalue weighted by Crippen LogP contribution is 2.36. The van der Waals surface area contributed by atoms with Gasteiger partial charge in [0.05, 0.1) is 16.9 Å². The van der Waals surface area contributed by atoms with Crippen LogP contribution < -0.4 is 0 Å². The van der Waals surface area contributed by atoms with Gasteiger partial charge in [-0.1, -0.05) is 12.1 Å². The van der Waals surface area contributed by atoms with E-state index in [1.165, 1.54) is 20.7 Å². The van der Waals surface area contributed by atoms with Crippen molar-refractivity contribution in [3.05, 3.63) is 77.4 Å². The van der Waals surface area contributed by atoms with Gasteiger partial charge in [0.1, 0.15) is 11.2 Å². The van der Waals surface area contributed by atoms with Crippen molar-refractivity contribution < 1.29 is 0 Å². The fourth-order valence-corrected chi connectivity index (χ4v) is 4.95. The summed E-state index contributed by atoms with van der Waals surface area (Å²) < 4.78 is 0. The second kappa shape index (κ2) is 6.89. The summed E-state index contributed by atoms with van der Waals surface area (Å²) in [6.45, 7) is 4.21. The molecule has 0 aliphatic rings. The van der Waals surface area contributed by atoms with Crippen molar-refractivity contribution >= 4 is 33.3 Å². The minimum absolute atomic E-state index is 0.822. The maximum absolute atomic E-state index is 4.95. The van der Waals surface area contributed by atoms with Gasteiger partial charge in [-0.15, -0.1) is 11.3 Å². The Labute approximate surface area is 182 Å². The largest absolute Gasteiger partial charge is 0.353 e. The number of aromatic amines is 2. The summed E-state index contributed by atoms with van der Waals surface area (Å²) in [4.78, 5) is 15.3. The van der Waals surface area contributed by atoms with Gasteiger partial charge in [-0.3, -0.25) is 10.1 Å². The lowest BCUT2D eigenvalue weighted by atomic mass is 10.1. The summed E-state index contributed by atoms with van der Waals surface area (Å²) in [6, 6.07) is 19.0. The van der Waals surface area contributed by atoms with Crippen LogP contribution in [0.3, 0.4) is 0 Å². The zero-order chi connectivity index (χ0) is 20.9. The molecule has 31 heavy (non-hydrogen) atoms. The molecule has 0 aliphatic heterocycles. The average Bonchev–Trinajstić information content (AvgIpc) is 3.50. The van der Waals surface area contributed by atoms with Crippen LogP contribution in [0, 0.1) is 13.8 Å². The third kappa shape index (κ3) is 2.95. The zero-order valence-electron chi connectivity index (χ0n) is 17.1. The van der Waals surface area contributed by atoms with Crippen LogP contribution in [0.1, 0.15) is 10.4 Å². The first kappa shape index (κ1) is 18.0. The number of benzene rings is 1. The normalized spacial score (nSPS) is 11.5. The van der Waals surface area contributed by atoms with E-state index >= 15 is 0 Å². The molecule has 1 aromatic carbocycles. The molecular weight excluding hydrogens is 402 g/mol. The van der Waals surface area contributed by atoms with Crippen molar-refractivity contribution in [3.8, 4) is 33.1 Å². The molecule has 150 valence electrons. The van der Waals surface area contributed by atoms with Gasteiger partial charge < -0.3 is 4.98 Å². The van der Waals surface area contributed by atoms with Gasteiger partial charge >= 0.3 is 0 Å². The van der Waals surface area contributed by atoms with E-state index in [1.807, 2.05) is 35.7 Å². The summed E-state index contributed by atoms with van der Waals surface area (Å²) >= 11 is 1.81. The minimum atomic E-state index is 0.822. The number of H-pyrrole nitrogens is 2. The fourth-order valence-electron chi connectivity index (χ4n) is 4.05. The highest BCUT2D eigenvalue weighted by Gasteiger charge is 2.16. The van der Waals surface area contributed by atoms with Crippen LogP contribution in [0.15, 0.2) is 67.0 Å². The summed E-state index contributed by atoms with van der Waals surface area (Å²) in [5.41, 5.74) is 8.93.